The minimum Gasteiger partial charge on any atom is -0.489 e. The van der Waals surface area contributed by atoms with E-state index < -0.39 is 5.66 Å². The lowest BCUT2D eigenvalue weighted by Crippen LogP contribution is -2.58. The van der Waals surface area contributed by atoms with Crippen molar-refractivity contribution in [2.75, 3.05) is 11.4 Å². The zero-order chi connectivity index (χ0) is 21.5. The molecular formula is C27H26N2O2. The van der Waals surface area contributed by atoms with Gasteiger partial charge in [-0.3, -0.25) is 4.79 Å². The number of rotatable bonds is 5. The van der Waals surface area contributed by atoms with Crippen LogP contribution in [0.4, 0.5) is 5.69 Å². The van der Waals surface area contributed by atoms with Crippen molar-refractivity contribution in [2.45, 2.75) is 31.5 Å². The lowest BCUT2D eigenvalue weighted by molar-refractivity contribution is -0.118. The normalized spacial score (nSPS) is 21.1. The Morgan fingerprint density at radius 2 is 1.68 bits per heavy atom. The van der Waals surface area contributed by atoms with Crippen molar-refractivity contribution in [1.29, 1.82) is 0 Å². The highest BCUT2D eigenvalue weighted by Gasteiger charge is 2.59. The van der Waals surface area contributed by atoms with Crippen molar-refractivity contribution in [3.63, 3.8) is 0 Å². The Bertz CT molecular complexity index is 1140. The molecule has 2 heterocycles. The number of nitrogens with one attached hydrogen (secondary N) is 1. The summed E-state index contributed by atoms with van der Waals surface area (Å²) in [6, 6.07) is 26.6. The van der Waals surface area contributed by atoms with Gasteiger partial charge in [0.1, 0.15) is 18.0 Å². The summed E-state index contributed by atoms with van der Waals surface area (Å²) in [6.45, 7) is 5.31. The van der Waals surface area contributed by atoms with Gasteiger partial charge in [-0.05, 0) is 41.0 Å². The molecule has 0 saturated carbocycles. The van der Waals surface area contributed by atoms with Crippen LogP contribution in [0.2, 0.25) is 0 Å². The summed E-state index contributed by atoms with van der Waals surface area (Å²) < 4.78 is 5.89. The van der Waals surface area contributed by atoms with Gasteiger partial charge in [0, 0.05) is 11.1 Å². The van der Waals surface area contributed by atoms with Crippen LogP contribution in [0.1, 0.15) is 30.5 Å². The van der Waals surface area contributed by atoms with Crippen LogP contribution in [0.3, 0.4) is 0 Å². The van der Waals surface area contributed by atoms with Crippen molar-refractivity contribution in [3.05, 3.63) is 102 Å². The van der Waals surface area contributed by atoms with E-state index in [-0.39, 0.29) is 11.3 Å². The summed E-state index contributed by atoms with van der Waals surface area (Å²) >= 11 is 0. The number of ether oxygens (including phenoxy) is 1. The number of para-hydroxylation sites is 1. The maximum absolute atomic E-state index is 12.4. The van der Waals surface area contributed by atoms with Crippen molar-refractivity contribution in [3.8, 4) is 5.75 Å². The fraction of sp³-hybridized carbons (Fsp3) is 0.222. The first-order valence-corrected chi connectivity index (χ1v) is 10.6. The fourth-order valence-corrected chi connectivity index (χ4v) is 4.77. The first kappa shape index (κ1) is 19.4. The molecule has 4 heteroatoms. The van der Waals surface area contributed by atoms with Gasteiger partial charge >= 0.3 is 0 Å². The second kappa shape index (κ2) is 7.31. The van der Waals surface area contributed by atoms with Gasteiger partial charge in [-0.15, -0.1) is 0 Å². The number of carbonyl (C=O) groups excluding carboxylic acids is 1. The lowest BCUT2D eigenvalue weighted by Gasteiger charge is -2.40. The zero-order valence-corrected chi connectivity index (χ0v) is 17.8. The third-order valence-electron chi connectivity index (χ3n) is 6.52. The number of hydrogen-bond acceptors (Lipinski definition) is 3. The van der Waals surface area contributed by atoms with Crippen LogP contribution in [0.25, 0.3) is 6.08 Å². The number of nitrogens with zero attached hydrogens (tertiary/aromatic N) is 1. The van der Waals surface area contributed by atoms with E-state index in [0.717, 1.165) is 22.6 Å². The summed E-state index contributed by atoms with van der Waals surface area (Å²) in [7, 11) is 0. The molecular weight excluding hydrogens is 384 g/mol. The molecule has 0 aliphatic carbocycles. The maximum atomic E-state index is 12.4. The van der Waals surface area contributed by atoms with Gasteiger partial charge in [-0.1, -0.05) is 80.6 Å². The highest BCUT2D eigenvalue weighted by atomic mass is 16.5. The quantitative estimate of drug-likeness (QED) is 0.650. The van der Waals surface area contributed by atoms with Crippen LogP contribution >= 0.6 is 0 Å². The zero-order valence-electron chi connectivity index (χ0n) is 17.8. The molecule has 1 atom stereocenters. The molecule has 0 spiro atoms. The topological polar surface area (TPSA) is 41.6 Å². The molecule has 0 unspecified atom stereocenters. The SMILES string of the molecule is CC1(C)c2ccccc2N2CC(=O)N[C@@]21/C=C/c1ccc(OCc2ccccc2)cc1. The Labute approximate surface area is 183 Å². The lowest BCUT2D eigenvalue weighted by atomic mass is 9.75. The Kier molecular flexibility index (Phi) is 4.58. The molecule has 3 aromatic carbocycles. The number of amides is 1. The third kappa shape index (κ3) is 3.19. The second-order valence-electron chi connectivity index (χ2n) is 8.72. The first-order valence-electron chi connectivity index (χ1n) is 10.6. The van der Waals surface area contributed by atoms with E-state index in [1.54, 1.807) is 0 Å². The summed E-state index contributed by atoms with van der Waals surface area (Å²) in [4.78, 5) is 14.6. The van der Waals surface area contributed by atoms with Gasteiger partial charge in [0.05, 0.1) is 6.54 Å². The number of benzene rings is 3. The maximum Gasteiger partial charge on any atom is 0.241 e. The molecule has 1 amide bonds. The van der Waals surface area contributed by atoms with Crippen molar-refractivity contribution >= 4 is 17.7 Å². The molecule has 1 N–H and O–H groups in total. The molecule has 0 aromatic heterocycles. The Morgan fingerprint density at radius 3 is 2.45 bits per heavy atom. The van der Waals surface area contributed by atoms with Crippen LogP contribution < -0.4 is 15.0 Å². The van der Waals surface area contributed by atoms with Crippen molar-refractivity contribution in [1.82, 2.24) is 5.32 Å². The van der Waals surface area contributed by atoms with Crippen molar-refractivity contribution < 1.29 is 9.53 Å². The van der Waals surface area contributed by atoms with E-state index in [4.69, 9.17) is 4.74 Å². The molecule has 2 aliphatic rings. The van der Waals surface area contributed by atoms with E-state index in [1.807, 2.05) is 48.5 Å². The molecule has 2 aliphatic heterocycles. The van der Waals surface area contributed by atoms with E-state index in [1.165, 1.54) is 5.56 Å². The number of carbonyl (C=O) groups is 1. The molecule has 1 saturated heterocycles. The minimum atomic E-state index is -0.573. The predicted octanol–water partition coefficient (Wildman–Crippen LogP) is 4.90. The number of hydrogen-bond donors (Lipinski definition) is 1. The van der Waals surface area contributed by atoms with Crippen LogP contribution in [-0.2, 0) is 16.8 Å². The largest absolute Gasteiger partial charge is 0.489 e. The molecule has 5 rings (SSSR count). The monoisotopic (exact) mass is 410 g/mol. The molecule has 4 nitrogen and oxygen atoms in total. The van der Waals surface area contributed by atoms with E-state index >= 15 is 0 Å². The smallest absolute Gasteiger partial charge is 0.241 e. The van der Waals surface area contributed by atoms with Crippen LogP contribution in [0, 0.1) is 0 Å². The average Bonchev–Trinajstić information content (AvgIpc) is 3.22. The van der Waals surface area contributed by atoms with Crippen molar-refractivity contribution in [2.24, 2.45) is 0 Å². The summed E-state index contributed by atoms with van der Waals surface area (Å²) in [5.74, 6) is 0.889. The third-order valence-corrected chi connectivity index (χ3v) is 6.52. The summed E-state index contributed by atoms with van der Waals surface area (Å²) in [6.07, 6.45) is 4.23. The number of fused-ring (bicyclic) bond motifs is 3. The average molecular weight is 411 g/mol. The molecule has 3 aromatic rings. The predicted molar refractivity (Wildman–Crippen MR) is 124 cm³/mol. The highest BCUT2D eigenvalue weighted by molar-refractivity contribution is 5.91. The standard InChI is InChI=1S/C27H26N2O2/c1-26(2)23-10-6-7-11-24(23)29-18-25(30)28-27(26,29)17-16-20-12-14-22(15-13-20)31-19-21-8-4-3-5-9-21/h3-17H,18-19H2,1-2H3,(H,28,30)/b17-16+/t27-/m0/s1. The van der Waals surface area contributed by atoms with E-state index in [2.05, 4.69) is 66.5 Å². The first-order chi connectivity index (χ1) is 15.0. The molecule has 156 valence electrons. The van der Waals surface area contributed by atoms with Crippen LogP contribution in [-0.4, -0.2) is 18.1 Å². The molecule has 31 heavy (non-hydrogen) atoms. The molecule has 1 fully saturated rings. The molecule has 0 bridgehead atoms. The number of anilines is 1. The van der Waals surface area contributed by atoms with Gasteiger partial charge in [0.2, 0.25) is 5.91 Å². The van der Waals surface area contributed by atoms with E-state index in [0.29, 0.717) is 13.2 Å². The summed E-state index contributed by atoms with van der Waals surface area (Å²) in [5.41, 5.74) is 3.76. The van der Waals surface area contributed by atoms with E-state index in [9.17, 15) is 4.79 Å². The van der Waals surface area contributed by atoms with Crippen LogP contribution in [0.5, 0.6) is 5.75 Å². The Balaban J connectivity index is 1.37. The van der Waals surface area contributed by atoms with Gasteiger partial charge < -0.3 is 15.0 Å². The minimum absolute atomic E-state index is 0.0527. The highest BCUT2D eigenvalue weighted by Crippen LogP contribution is 2.52. The fourth-order valence-electron chi connectivity index (χ4n) is 4.77. The Hall–Kier alpha value is -3.53. The second-order valence-corrected chi connectivity index (χ2v) is 8.72. The Morgan fingerprint density at radius 1 is 0.968 bits per heavy atom. The van der Waals surface area contributed by atoms with Crippen LogP contribution in [0.15, 0.2) is 84.9 Å². The van der Waals surface area contributed by atoms with Gasteiger partial charge in [-0.2, -0.15) is 0 Å². The van der Waals surface area contributed by atoms with Gasteiger partial charge in [0.15, 0.2) is 0 Å². The van der Waals surface area contributed by atoms with Gasteiger partial charge in [-0.25, -0.2) is 0 Å². The summed E-state index contributed by atoms with van der Waals surface area (Å²) in [5, 5.41) is 3.26. The van der Waals surface area contributed by atoms with Gasteiger partial charge in [0.25, 0.3) is 0 Å². The molecule has 0 radical (unpaired) electrons.